The number of rotatable bonds is 12. The molecular weight excluding hydrogens is 456 g/mol. The predicted octanol–water partition coefficient (Wildman–Crippen LogP) is 5.03. The molecule has 0 unspecified atom stereocenters. The van der Waals surface area contributed by atoms with E-state index in [4.69, 9.17) is 9.47 Å². The van der Waals surface area contributed by atoms with Gasteiger partial charge in [-0.1, -0.05) is 26.0 Å². The average Bonchev–Trinajstić information content (AvgIpc) is 3.12. The molecule has 0 saturated carbocycles. The molecule has 2 aromatic carbocycles. The summed E-state index contributed by atoms with van der Waals surface area (Å²) in [7, 11) is 0. The van der Waals surface area contributed by atoms with Crippen LogP contribution in [0.1, 0.15) is 58.2 Å². The Hall–Kier alpha value is -3.32. The number of benzene rings is 2. The van der Waals surface area contributed by atoms with Gasteiger partial charge in [-0.2, -0.15) is 0 Å². The van der Waals surface area contributed by atoms with Crippen molar-refractivity contribution in [1.29, 1.82) is 0 Å². The van der Waals surface area contributed by atoms with Crippen LogP contribution in [0.4, 0.5) is 0 Å². The summed E-state index contributed by atoms with van der Waals surface area (Å²) in [5.41, 5.74) is 1.31. The summed E-state index contributed by atoms with van der Waals surface area (Å²) >= 11 is 0. The fraction of sp³-hybridized carbons (Fsp3) is 0.448. The van der Waals surface area contributed by atoms with Crippen LogP contribution >= 0.6 is 0 Å². The number of aliphatic hydroxyl groups excluding tert-OH is 1. The molecule has 0 aliphatic carbocycles. The molecule has 0 radical (unpaired) electrons. The van der Waals surface area contributed by atoms with Gasteiger partial charge in [0.25, 0.3) is 11.7 Å². The Bertz CT molecular complexity index is 1060. The third kappa shape index (κ3) is 6.26. The lowest BCUT2D eigenvalue weighted by Crippen LogP contribution is -2.33. The van der Waals surface area contributed by atoms with Gasteiger partial charge in [-0.15, -0.1) is 0 Å². The summed E-state index contributed by atoms with van der Waals surface area (Å²) < 4.78 is 11.3. The molecule has 1 fully saturated rings. The molecule has 194 valence electrons. The third-order valence-electron chi connectivity index (χ3n) is 6.31. The first-order valence-electron chi connectivity index (χ1n) is 12.8. The van der Waals surface area contributed by atoms with E-state index in [0.717, 1.165) is 31.6 Å². The molecule has 7 nitrogen and oxygen atoms in total. The number of amides is 1. The summed E-state index contributed by atoms with van der Waals surface area (Å²) in [5, 5.41) is 11.2. The number of aliphatic hydroxyl groups is 1. The second-order valence-electron chi connectivity index (χ2n) is 9.07. The molecule has 0 aromatic heterocycles. The van der Waals surface area contributed by atoms with Crippen LogP contribution < -0.4 is 9.47 Å². The number of ketones is 1. The Morgan fingerprint density at radius 1 is 0.972 bits per heavy atom. The first kappa shape index (κ1) is 27.3. The largest absolute Gasteiger partial charge is 0.507 e. The lowest BCUT2D eigenvalue weighted by Gasteiger charge is -2.27. The van der Waals surface area contributed by atoms with E-state index in [1.165, 1.54) is 0 Å². The zero-order chi connectivity index (χ0) is 26.2. The van der Waals surface area contributed by atoms with E-state index in [1.54, 1.807) is 29.2 Å². The Morgan fingerprint density at radius 3 is 2.14 bits per heavy atom. The molecule has 0 bridgehead atoms. The number of Topliss-reactive ketones (excluding diaryl/α,β-unsaturated/α-hetero) is 1. The lowest BCUT2D eigenvalue weighted by atomic mass is 9.95. The van der Waals surface area contributed by atoms with E-state index in [1.807, 2.05) is 45.0 Å². The first-order valence-corrected chi connectivity index (χ1v) is 12.8. The van der Waals surface area contributed by atoms with Crippen LogP contribution in [-0.4, -0.2) is 65.5 Å². The number of ether oxygens (including phenoxy) is 2. The van der Waals surface area contributed by atoms with Gasteiger partial charge in [0.15, 0.2) is 0 Å². The van der Waals surface area contributed by atoms with Crippen molar-refractivity contribution in [3.05, 3.63) is 65.2 Å². The van der Waals surface area contributed by atoms with Crippen molar-refractivity contribution in [2.75, 3.05) is 32.8 Å². The van der Waals surface area contributed by atoms with Crippen LogP contribution in [0.3, 0.4) is 0 Å². The molecule has 1 amide bonds. The summed E-state index contributed by atoms with van der Waals surface area (Å²) in [6.07, 6.45) is 0.754. The van der Waals surface area contributed by atoms with Gasteiger partial charge in [0.05, 0.1) is 24.3 Å². The molecular formula is C29H38N2O5. The van der Waals surface area contributed by atoms with Crippen molar-refractivity contribution in [3.8, 4) is 11.5 Å². The number of hydrogen-bond donors (Lipinski definition) is 1. The molecule has 1 saturated heterocycles. The van der Waals surface area contributed by atoms with E-state index in [-0.39, 0.29) is 17.4 Å². The van der Waals surface area contributed by atoms with Gasteiger partial charge in [0.1, 0.15) is 17.3 Å². The number of carbonyl (C=O) groups excluding carboxylic acids is 2. The quantitative estimate of drug-likeness (QED) is 0.253. The van der Waals surface area contributed by atoms with Gasteiger partial charge < -0.3 is 24.4 Å². The van der Waals surface area contributed by atoms with Gasteiger partial charge >= 0.3 is 0 Å². The highest BCUT2D eigenvalue weighted by atomic mass is 16.5. The van der Waals surface area contributed by atoms with Crippen molar-refractivity contribution in [3.63, 3.8) is 0 Å². The highest BCUT2D eigenvalue weighted by molar-refractivity contribution is 6.46. The normalized spacial score (nSPS) is 17.3. The Morgan fingerprint density at radius 2 is 1.58 bits per heavy atom. The maximum absolute atomic E-state index is 13.2. The summed E-state index contributed by atoms with van der Waals surface area (Å²) in [4.78, 5) is 30.3. The van der Waals surface area contributed by atoms with Crippen LogP contribution in [0.5, 0.6) is 11.5 Å². The number of likely N-dealkylation sites (tertiary alicyclic amines) is 1. The van der Waals surface area contributed by atoms with Crippen LogP contribution in [0.25, 0.3) is 5.76 Å². The molecule has 36 heavy (non-hydrogen) atoms. The van der Waals surface area contributed by atoms with E-state index < -0.39 is 17.7 Å². The Kier molecular flexibility index (Phi) is 9.53. The predicted molar refractivity (Wildman–Crippen MR) is 141 cm³/mol. The minimum atomic E-state index is -0.679. The second kappa shape index (κ2) is 12.6. The van der Waals surface area contributed by atoms with Crippen LogP contribution in [0.15, 0.2) is 54.1 Å². The SMILES string of the molecule is CCOc1ccc(C(O)=C2C(=O)C(=O)N(CCCN(CC)CC)[C@@H]2c2ccc(OC(C)C)cc2)cc1. The van der Waals surface area contributed by atoms with Crippen molar-refractivity contribution in [2.45, 2.75) is 53.2 Å². The highest BCUT2D eigenvalue weighted by Gasteiger charge is 2.45. The zero-order valence-corrected chi connectivity index (χ0v) is 22.0. The first-order chi connectivity index (χ1) is 17.3. The van der Waals surface area contributed by atoms with E-state index >= 15 is 0 Å². The molecule has 1 atom stereocenters. The second-order valence-corrected chi connectivity index (χ2v) is 9.07. The molecule has 1 aliphatic rings. The van der Waals surface area contributed by atoms with Crippen molar-refractivity contribution < 1.29 is 24.2 Å². The molecule has 0 spiro atoms. The van der Waals surface area contributed by atoms with Crippen LogP contribution in [-0.2, 0) is 9.59 Å². The van der Waals surface area contributed by atoms with Crippen LogP contribution in [0.2, 0.25) is 0 Å². The van der Waals surface area contributed by atoms with E-state index in [2.05, 4.69) is 18.7 Å². The maximum atomic E-state index is 13.2. The van der Waals surface area contributed by atoms with Crippen LogP contribution in [0, 0.1) is 0 Å². The third-order valence-corrected chi connectivity index (χ3v) is 6.31. The zero-order valence-electron chi connectivity index (χ0n) is 22.0. The van der Waals surface area contributed by atoms with E-state index in [0.29, 0.717) is 30.2 Å². The van der Waals surface area contributed by atoms with Gasteiger partial charge in [0.2, 0.25) is 0 Å². The Labute approximate surface area is 214 Å². The molecule has 1 N–H and O–H groups in total. The molecule has 3 rings (SSSR count). The minimum Gasteiger partial charge on any atom is -0.507 e. The fourth-order valence-corrected chi connectivity index (χ4v) is 4.49. The molecule has 7 heteroatoms. The number of carbonyl (C=O) groups is 2. The molecule has 1 aliphatic heterocycles. The number of hydrogen-bond acceptors (Lipinski definition) is 6. The standard InChI is InChI=1S/C29H38N2O5/c1-6-30(7-2)18-9-19-31-26(21-10-16-24(17-11-21)36-20(4)5)25(28(33)29(31)34)27(32)22-12-14-23(15-13-22)35-8-3/h10-17,20,26,32H,6-9,18-19H2,1-5H3/t26-/m1/s1. The van der Waals surface area contributed by atoms with E-state index in [9.17, 15) is 14.7 Å². The summed E-state index contributed by atoms with van der Waals surface area (Å²) in [6, 6.07) is 13.6. The van der Waals surface area contributed by atoms with Gasteiger partial charge in [-0.25, -0.2) is 0 Å². The lowest BCUT2D eigenvalue weighted by molar-refractivity contribution is -0.140. The van der Waals surface area contributed by atoms with Crippen molar-refractivity contribution in [2.24, 2.45) is 0 Å². The van der Waals surface area contributed by atoms with Crippen molar-refractivity contribution in [1.82, 2.24) is 9.80 Å². The van der Waals surface area contributed by atoms with Gasteiger partial charge in [0, 0.05) is 12.1 Å². The fourth-order valence-electron chi connectivity index (χ4n) is 4.49. The highest BCUT2D eigenvalue weighted by Crippen LogP contribution is 2.40. The summed E-state index contributed by atoms with van der Waals surface area (Å²) in [6.45, 7) is 13.6. The minimum absolute atomic E-state index is 0.0289. The van der Waals surface area contributed by atoms with Crippen molar-refractivity contribution >= 4 is 17.4 Å². The van der Waals surface area contributed by atoms with Gasteiger partial charge in [-0.3, -0.25) is 9.59 Å². The number of nitrogens with zero attached hydrogens (tertiary/aromatic N) is 2. The topological polar surface area (TPSA) is 79.3 Å². The smallest absolute Gasteiger partial charge is 0.295 e. The molecule has 1 heterocycles. The molecule has 2 aromatic rings. The average molecular weight is 495 g/mol. The Balaban J connectivity index is 2.00. The monoisotopic (exact) mass is 494 g/mol. The summed E-state index contributed by atoms with van der Waals surface area (Å²) in [5.74, 6) is -0.0663. The maximum Gasteiger partial charge on any atom is 0.295 e. The van der Waals surface area contributed by atoms with Gasteiger partial charge in [-0.05, 0) is 88.8 Å².